The van der Waals surface area contributed by atoms with Crippen LogP contribution in [-0.4, -0.2) is 6.54 Å². The molecule has 1 nitrogen and oxygen atoms in total. The Labute approximate surface area is 119 Å². The van der Waals surface area contributed by atoms with Crippen molar-refractivity contribution in [3.63, 3.8) is 0 Å². The minimum Gasteiger partial charge on any atom is -0.310 e. The third-order valence-electron chi connectivity index (χ3n) is 3.49. The van der Waals surface area contributed by atoms with E-state index >= 15 is 0 Å². The van der Waals surface area contributed by atoms with Gasteiger partial charge in [-0.3, -0.25) is 0 Å². The molecule has 2 unspecified atom stereocenters. The zero-order chi connectivity index (χ0) is 15.2. The average molecular weight is 287 g/mol. The van der Waals surface area contributed by atoms with Crippen LogP contribution in [0.3, 0.4) is 0 Å². The van der Waals surface area contributed by atoms with Crippen LogP contribution in [0.5, 0.6) is 0 Å². The fourth-order valence-electron chi connectivity index (χ4n) is 2.53. The Balaban J connectivity index is 2.91. The highest BCUT2D eigenvalue weighted by Crippen LogP contribution is 2.32. The van der Waals surface area contributed by atoms with E-state index in [0.29, 0.717) is 5.92 Å². The second-order valence-corrected chi connectivity index (χ2v) is 5.36. The molecular weight excluding hydrogens is 263 g/mol. The number of alkyl halides is 3. The van der Waals surface area contributed by atoms with E-state index in [1.807, 2.05) is 6.92 Å². The topological polar surface area (TPSA) is 12.0 Å². The summed E-state index contributed by atoms with van der Waals surface area (Å²) in [5.74, 6) is 0.499. The predicted molar refractivity (Wildman–Crippen MR) is 76.6 cm³/mol. The number of nitrogens with one attached hydrogen (secondary N) is 1. The van der Waals surface area contributed by atoms with Gasteiger partial charge in [0.2, 0.25) is 0 Å². The quantitative estimate of drug-likeness (QED) is 0.728. The summed E-state index contributed by atoms with van der Waals surface area (Å²) < 4.78 is 38.3. The van der Waals surface area contributed by atoms with Gasteiger partial charge in [-0.1, -0.05) is 45.7 Å². The minimum absolute atomic E-state index is 0.0103. The maximum atomic E-state index is 12.8. The number of halogens is 3. The monoisotopic (exact) mass is 287 g/mol. The molecule has 0 aliphatic rings. The van der Waals surface area contributed by atoms with E-state index in [-0.39, 0.29) is 6.04 Å². The van der Waals surface area contributed by atoms with Gasteiger partial charge in [0.25, 0.3) is 0 Å². The number of hydrogen-bond donors (Lipinski definition) is 1. The van der Waals surface area contributed by atoms with Crippen LogP contribution in [0.2, 0.25) is 0 Å². The molecule has 20 heavy (non-hydrogen) atoms. The van der Waals surface area contributed by atoms with Gasteiger partial charge in [-0.05, 0) is 36.6 Å². The van der Waals surface area contributed by atoms with Crippen LogP contribution in [0, 0.1) is 5.92 Å². The van der Waals surface area contributed by atoms with Gasteiger partial charge in [0.05, 0.1) is 5.56 Å². The Kier molecular flexibility index (Phi) is 6.53. The molecule has 0 aliphatic carbocycles. The van der Waals surface area contributed by atoms with Gasteiger partial charge < -0.3 is 5.32 Å². The Morgan fingerprint density at radius 1 is 1.20 bits per heavy atom. The van der Waals surface area contributed by atoms with Crippen molar-refractivity contribution >= 4 is 0 Å². The Bertz CT molecular complexity index is 401. The summed E-state index contributed by atoms with van der Waals surface area (Å²) in [6.45, 7) is 7.01. The van der Waals surface area contributed by atoms with Gasteiger partial charge in [0, 0.05) is 6.04 Å². The van der Waals surface area contributed by atoms with E-state index in [0.717, 1.165) is 37.4 Å². The second kappa shape index (κ2) is 7.67. The number of hydrogen-bond acceptors (Lipinski definition) is 1. The molecular formula is C16H24F3N. The van der Waals surface area contributed by atoms with Gasteiger partial charge in [-0.2, -0.15) is 13.2 Å². The van der Waals surface area contributed by atoms with E-state index in [9.17, 15) is 13.2 Å². The highest BCUT2D eigenvalue weighted by atomic mass is 19.4. The minimum atomic E-state index is -4.28. The summed E-state index contributed by atoms with van der Waals surface area (Å²) in [6.07, 6.45) is -1.21. The first-order chi connectivity index (χ1) is 9.38. The van der Waals surface area contributed by atoms with Crippen molar-refractivity contribution < 1.29 is 13.2 Å². The zero-order valence-electron chi connectivity index (χ0n) is 12.4. The van der Waals surface area contributed by atoms with Gasteiger partial charge >= 0.3 is 6.18 Å². The molecule has 0 fully saturated rings. The molecule has 0 radical (unpaired) electrons. The third-order valence-corrected chi connectivity index (χ3v) is 3.49. The molecule has 0 bridgehead atoms. The molecule has 2 atom stereocenters. The lowest BCUT2D eigenvalue weighted by atomic mass is 9.92. The van der Waals surface area contributed by atoms with Gasteiger partial charge in [-0.25, -0.2) is 0 Å². The summed E-state index contributed by atoms with van der Waals surface area (Å²) >= 11 is 0. The molecule has 114 valence electrons. The maximum absolute atomic E-state index is 12.8. The maximum Gasteiger partial charge on any atom is 0.416 e. The standard InChI is InChI=1S/C16H24F3N/c1-4-7-12(3)10-15(20-5-2)13-8-6-9-14(11-13)16(17,18)19/h6,8-9,11-12,15,20H,4-5,7,10H2,1-3H3. The highest BCUT2D eigenvalue weighted by molar-refractivity contribution is 5.28. The molecule has 1 aromatic rings. The first-order valence-electron chi connectivity index (χ1n) is 7.29. The van der Waals surface area contributed by atoms with Crippen molar-refractivity contribution in [3.8, 4) is 0 Å². The lowest BCUT2D eigenvalue weighted by Gasteiger charge is -2.23. The van der Waals surface area contributed by atoms with Crippen LogP contribution < -0.4 is 5.32 Å². The lowest BCUT2D eigenvalue weighted by Crippen LogP contribution is -2.23. The Morgan fingerprint density at radius 2 is 1.90 bits per heavy atom. The lowest BCUT2D eigenvalue weighted by molar-refractivity contribution is -0.137. The van der Waals surface area contributed by atoms with Gasteiger partial charge in [-0.15, -0.1) is 0 Å². The molecule has 1 N–H and O–H groups in total. The smallest absolute Gasteiger partial charge is 0.310 e. The molecule has 0 saturated carbocycles. The zero-order valence-corrected chi connectivity index (χ0v) is 12.4. The summed E-state index contributed by atoms with van der Waals surface area (Å²) in [5.41, 5.74) is 0.158. The molecule has 0 saturated heterocycles. The summed E-state index contributed by atoms with van der Waals surface area (Å²) in [7, 11) is 0. The van der Waals surface area contributed by atoms with E-state index < -0.39 is 11.7 Å². The molecule has 0 amide bonds. The van der Waals surface area contributed by atoms with E-state index in [1.165, 1.54) is 12.1 Å². The molecule has 0 aliphatic heterocycles. The van der Waals surface area contributed by atoms with Gasteiger partial charge in [0.15, 0.2) is 0 Å². The first-order valence-corrected chi connectivity index (χ1v) is 7.29. The van der Waals surface area contributed by atoms with E-state index in [4.69, 9.17) is 0 Å². The fraction of sp³-hybridized carbons (Fsp3) is 0.625. The first kappa shape index (κ1) is 17.0. The van der Waals surface area contributed by atoms with Crippen molar-refractivity contribution in [2.45, 2.75) is 52.3 Å². The molecule has 1 aromatic carbocycles. The van der Waals surface area contributed by atoms with Crippen LogP contribution in [0.4, 0.5) is 13.2 Å². The molecule has 4 heteroatoms. The number of benzene rings is 1. The van der Waals surface area contributed by atoms with E-state index in [1.54, 1.807) is 6.07 Å². The van der Waals surface area contributed by atoms with Crippen LogP contribution >= 0.6 is 0 Å². The molecule has 0 heterocycles. The third kappa shape index (κ3) is 5.16. The molecule has 1 rings (SSSR count). The SMILES string of the molecule is CCCC(C)CC(NCC)c1cccc(C(F)(F)F)c1. The highest BCUT2D eigenvalue weighted by Gasteiger charge is 2.31. The van der Waals surface area contributed by atoms with Crippen LogP contribution in [0.15, 0.2) is 24.3 Å². The van der Waals surface area contributed by atoms with Crippen molar-refractivity contribution in [2.24, 2.45) is 5.92 Å². The Morgan fingerprint density at radius 3 is 2.45 bits per heavy atom. The van der Waals surface area contributed by atoms with Crippen molar-refractivity contribution in [1.29, 1.82) is 0 Å². The molecule has 0 aromatic heterocycles. The summed E-state index contributed by atoms with van der Waals surface area (Å²) in [6, 6.07) is 5.66. The van der Waals surface area contributed by atoms with Crippen LogP contribution in [-0.2, 0) is 6.18 Å². The Hall–Kier alpha value is -1.03. The van der Waals surface area contributed by atoms with Crippen LogP contribution in [0.25, 0.3) is 0 Å². The molecule has 0 spiro atoms. The number of rotatable bonds is 7. The summed E-state index contributed by atoms with van der Waals surface area (Å²) in [4.78, 5) is 0. The predicted octanol–water partition coefficient (Wildman–Crippen LogP) is 5.18. The van der Waals surface area contributed by atoms with Crippen LogP contribution in [0.1, 0.15) is 57.2 Å². The average Bonchev–Trinajstić information content (AvgIpc) is 2.38. The summed E-state index contributed by atoms with van der Waals surface area (Å²) in [5, 5.41) is 3.30. The fourth-order valence-corrected chi connectivity index (χ4v) is 2.53. The van der Waals surface area contributed by atoms with Gasteiger partial charge in [0.1, 0.15) is 0 Å². The van der Waals surface area contributed by atoms with E-state index in [2.05, 4.69) is 19.2 Å². The van der Waals surface area contributed by atoms with Crippen molar-refractivity contribution in [2.75, 3.05) is 6.54 Å². The van der Waals surface area contributed by atoms with Crippen molar-refractivity contribution in [3.05, 3.63) is 35.4 Å². The normalized spacial score (nSPS) is 15.1. The van der Waals surface area contributed by atoms with Crippen molar-refractivity contribution in [1.82, 2.24) is 5.32 Å². The largest absolute Gasteiger partial charge is 0.416 e. The second-order valence-electron chi connectivity index (χ2n) is 5.36.